The number of carbonyl (C=O) groups is 1. The van der Waals surface area contributed by atoms with Gasteiger partial charge in [0.25, 0.3) is 16.0 Å². The number of amides is 1. The Morgan fingerprint density at radius 2 is 1.74 bits per heavy atom. The SMILES string of the molecule is COS(=O)(=O)CCNC(=O)c1c(F)c(F)c(N=[N+]=[N-])c(F)c1F. The topological polar surface area (TPSA) is 121 Å². The number of nitrogens with zero attached hydrogens (tertiary/aromatic N) is 3. The Kier molecular flexibility index (Phi) is 5.90. The Hall–Kier alpha value is -2.37. The van der Waals surface area contributed by atoms with Crippen molar-refractivity contribution < 1.29 is 35.0 Å². The number of hydrogen-bond donors (Lipinski definition) is 1. The minimum absolute atomic E-state index is 0.630. The van der Waals surface area contributed by atoms with Crippen molar-refractivity contribution in [1.82, 2.24) is 5.32 Å². The molecule has 23 heavy (non-hydrogen) atoms. The first-order valence-corrected chi connectivity index (χ1v) is 7.21. The van der Waals surface area contributed by atoms with Crippen molar-refractivity contribution in [3.63, 3.8) is 0 Å². The summed E-state index contributed by atoms with van der Waals surface area (Å²) in [4.78, 5) is 13.6. The van der Waals surface area contributed by atoms with Crippen LogP contribution in [0.1, 0.15) is 10.4 Å². The summed E-state index contributed by atoms with van der Waals surface area (Å²) in [5, 5.41) is 4.22. The van der Waals surface area contributed by atoms with E-state index < -0.39 is 62.8 Å². The Bertz CT molecular complexity index is 764. The third-order valence-corrected chi connectivity index (χ3v) is 3.72. The van der Waals surface area contributed by atoms with Crippen LogP contribution in [0.3, 0.4) is 0 Å². The van der Waals surface area contributed by atoms with Crippen molar-refractivity contribution in [3.05, 3.63) is 39.3 Å². The zero-order valence-electron chi connectivity index (χ0n) is 11.3. The fraction of sp³-hybridized carbons (Fsp3) is 0.300. The molecule has 1 aromatic carbocycles. The molecule has 1 N–H and O–H groups in total. The molecule has 0 fully saturated rings. The van der Waals surface area contributed by atoms with Gasteiger partial charge >= 0.3 is 0 Å². The van der Waals surface area contributed by atoms with Crippen molar-refractivity contribution in [1.29, 1.82) is 0 Å². The molecule has 0 aliphatic heterocycles. The minimum atomic E-state index is -3.95. The molecule has 1 aromatic rings. The smallest absolute Gasteiger partial charge is 0.268 e. The number of nitrogens with one attached hydrogen (secondary N) is 1. The summed E-state index contributed by atoms with van der Waals surface area (Å²) >= 11 is 0. The molecule has 0 atom stereocenters. The summed E-state index contributed by atoms with van der Waals surface area (Å²) in [7, 11) is -3.10. The molecule has 13 heteroatoms. The van der Waals surface area contributed by atoms with E-state index >= 15 is 0 Å². The van der Waals surface area contributed by atoms with Gasteiger partial charge in [-0.05, 0) is 5.53 Å². The molecule has 1 rings (SSSR count). The van der Waals surface area contributed by atoms with Crippen molar-refractivity contribution >= 4 is 21.7 Å². The second-order valence-electron chi connectivity index (χ2n) is 3.85. The van der Waals surface area contributed by atoms with Crippen LogP contribution in [0.2, 0.25) is 0 Å². The van der Waals surface area contributed by atoms with Gasteiger partial charge < -0.3 is 5.32 Å². The fourth-order valence-electron chi connectivity index (χ4n) is 1.41. The van der Waals surface area contributed by atoms with Gasteiger partial charge in [0.2, 0.25) is 0 Å². The van der Waals surface area contributed by atoms with E-state index in [-0.39, 0.29) is 0 Å². The molecular formula is C10H8F4N4O4S. The van der Waals surface area contributed by atoms with E-state index in [1.807, 2.05) is 4.91 Å². The van der Waals surface area contributed by atoms with Crippen LogP contribution in [-0.4, -0.2) is 33.7 Å². The molecule has 0 aliphatic carbocycles. The van der Waals surface area contributed by atoms with E-state index in [0.29, 0.717) is 0 Å². The molecule has 8 nitrogen and oxygen atoms in total. The minimum Gasteiger partial charge on any atom is -0.351 e. The van der Waals surface area contributed by atoms with Crippen molar-refractivity contribution in [3.8, 4) is 0 Å². The average Bonchev–Trinajstić information content (AvgIpc) is 2.49. The Balaban J connectivity index is 3.14. The zero-order valence-corrected chi connectivity index (χ0v) is 12.1. The molecule has 0 aromatic heterocycles. The Morgan fingerprint density at radius 3 is 2.17 bits per heavy atom. The van der Waals surface area contributed by atoms with Gasteiger partial charge in [-0.25, -0.2) is 17.6 Å². The summed E-state index contributed by atoms with van der Waals surface area (Å²) < 4.78 is 80.3. The third kappa shape index (κ3) is 4.09. The Morgan fingerprint density at radius 1 is 1.22 bits per heavy atom. The van der Waals surface area contributed by atoms with Crippen LogP contribution in [0.15, 0.2) is 5.11 Å². The first-order chi connectivity index (χ1) is 10.7. The quantitative estimate of drug-likeness (QED) is 0.209. The lowest BCUT2D eigenvalue weighted by molar-refractivity contribution is 0.0945. The molecule has 0 aliphatic rings. The molecular weight excluding hydrogens is 348 g/mol. The molecule has 0 unspecified atom stereocenters. The summed E-state index contributed by atoms with van der Waals surface area (Å²) in [6.07, 6.45) is 0. The second kappa shape index (κ2) is 7.26. The van der Waals surface area contributed by atoms with Gasteiger partial charge in [-0.3, -0.25) is 8.98 Å². The highest BCUT2D eigenvalue weighted by Crippen LogP contribution is 2.30. The van der Waals surface area contributed by atoms with Crippen LogP contribution in [0.4, 0.5) is 23.2 Å². The fourth-order valence-corrected chi connectivity index (χ4v) is 1.93. The maximum absolute atomic E-state index is 13.6. The predicted octanol–water partition coefficient (Wildman–Crippen LogP) is 1.89. The van der Waals surface area contributed by atoms with Gasteiger partial charge in [-0.15, -0.1) is 0 Å². The maximum atomic E-state index is 13.6. The van der Waals surface area contributed by atoms with Gasteiger partial charge in [0, 0.05) is 11.5 Å². The summed E-state index contributed by atoms with van der Waals surface area (Å²) in [5.74, 6) is -10.6. The van der Waals surface area contributed by atoms with Gasteiger partial charge in [0.05, 0.1) is 12.9 Å². The molecule has 1 amide bonds. The highest BCUT2D eigenvalue weighted by Gasteiger charge is 2.29. The molecule has 0 spiro atoms. The van der Waals surface area contributed by atoms with Crippen molar-refractivity contribution in [2.75, 3.05) is 19.4 Å². The van der Waals surface area contributed by atoms with Crippen LogP contribution in [0.25, 0.3) is 10.4 Å². The first-order valence-electron chi connectivity index (χ1n) is 5.63. The van der Waals surface area contributed by atoms with E-state index in [9.17, 15) is 30.8 Å². The van der Waals surface area contributed by atoms with E-state index in [4.69, 9.17) is 5.53 Å². The number of carbonyl (C=O) groups excluding carboxylic acids is 1. The van der Waals surface area contributed by atoms with E-state index in [1.165, 1.54) is 0 Å². The van der Waals surface area contributed by atoms with Crippen LogP contribution >= 0.6 is 0 Å². The predicted molar refractivity (Wildman–Crippen MR) is 68.2 cm³/mol. The molecule has 0 radical (unpaired) electrons. The third-order valence-electron chi connectivity index (χ3n) is 2.50. The molecule has 126 valence electrons. The zero-order chi connectivity index (χ0) is 17.8. The van der Waals surface area contributed by atoms with Crippen LogP contribution in [0, 0.1) is 23.3 Å². The lowest BCUT2D eigenvalue weighted by Gasteiger charge is -2.10. The van der Waals surface area contributed by atoms with E-state index in [0.717, 1.165) is 7.11 Å². The van der Waals surface area contributed by atoms with Crippen LogP contribution in [-0.2, 0) is 14.3 Å². The van der Waals surface area contributed by atoms with Gasteiger partial charge in [-0.2, -0.15) is 8.42 Å². The standard InChI is InChI=1S/C10H8F4N4O4S/c1-22-23(20,21)3-2-16-10(19)4-5(11)7(13)9(17-18-15)8(14)6(4)12/h2-3H2,1H3,(H,16,19). The highest BCUT2D eigenvalue weighted by molar-refractivity contribution is 7.86. The molecule has 0 saturated heterocycles. The highest BCUT2D eigenvalue weighted by atomic mass is 32.2. The number of rotatable bonds is 6. The normalized spacial score (nSPS) is 11.0. The second-order valence-corrected chi connectivity index (χ2v) is 5.71. The molecule has 0 saturated carbocycles. The summed E-state index contributed by atoms with van der Waals surface area (Å²) in [5.41, 5.74) is 4.89. The van der Waals surface area contributed by atoms with Gasteiger partial charge in [-0.1, -0.05) is 5.11 Å². The number of halogens is 4. The maximum Gasteiger partial charge on any atom is 0.268 e. The van der Waals surface area contributed by atoms with E-state index in [2.05, 4.69) is 9.30 Å². The summed E-state index contributed by atoms with van der Waals surface area (Å²) in [6.45, 7) is -0.630. The van der Waals surface area contributed by atoms with Crippen LogP contribution < -0.4 is 5.32 Å². The molecule has 0 heterocycles. The largest absolute Gasteiger partial charge is 0.351 e. The number of benzene rings is 1. The lowest BCUT2D eigenvalue weighted by atomic mass is 10.1. The first kappa shape index (κ1) is 18.7. The van der Waals surface area contributed by atoms with Crippen molar-refractivity contribution in [2.24, 2.45) is 5.11 Å². The van der Waals surface area contributed by atoms with Gasteiger partial charge in [0.1, 0.15) is 11.3 Å². The van der Waals surface area contributed by atoms with E-state index in [1.54, 1.807) is 5.32 Å². The average molecular weight is 356 g/mol. The summed E-state index contributed by atoms with van der Waals surface area (Å²) in [6, 6.07) is 0. The van der Waals surface area contributed by atoms with Crippen molar-refractivity contribution in [2.45, 2.75) is 0 Å². The number of hydrogen-bond acceptors (Lipinski definition) is 5. The van der Waals surface area contributed by atoms with Crippen LogP contribution in [0.5, 0.6) is 0 Å². The molecule has 0 bridgehead atoms. The monoisotopic (exact) mass is 356 g/mol. The number of azide groups is 1. The Labute approximate surface area is 126 Å². The van der Waals surface area contributed by atoms with Gasteiger partial charge in [0.15, 0.2) is 23.3 Å². The lowest BCUT2D eigenvalue weighted by Crippen LogP contribution is -2.31.